The number of nitrogens with zero attached hydrogens (tertiary/aromatic N) is 5. The standard InChI is InChI=1S/C28H28F5N7O2/c1-15-13-39(7-6-38(15)2)21-9-20(30)23(16-4-3-5-40(14-16)28-35-10-17(29)11-36-28)24(31)25(21)37-27(42)19-12-34-22(41)8-18(19)26(32)33/h4,8-12,15,26H,3,5-7,13-14H2,1-2H3,(H,34,41)(H,37,42)/t15-/m0/s1. The second kappa shape index (κ2) is 11.9. The van der Waals surface area contributed by atoms with Crippen LogP contribution in [-0.2, 0) is 0 Å². The summed E-state index contributed by atoms with van der Waals surface area (Å²) in [6.07, 6.45) is 1.71. The molecule has 1 atom stereocenters. The molecule has 0 spiro atoms. The van der Waals surface area contributed by atoms with Crippen molar-refractivity contribution in [3.63, 3.8) is 0 Å². The number of likely N-dealkylation sites (N-methyl/N-ethyl adjacent to an activating group) is 1. The third-order valence-electron chi connectivity index (χ3n) is 7.53. The highest BCUT2D eigenvalue weighted by molar-refractivity contribution is 6.07. The van der Waals surface area contributed by atoms with Gasteiger partial charge in [0.25, 0.3) is 12.3 Å². The molecule has 14 heteroatoms. The minimum Gasteiger partial charge on any atom is -0.367 e. The molecule has 0 aliphatic carbocycles. The van der Waals surface area contributed by atoms with Crippen LogP contribution in [0.15, 0.2) is 41.6 Å². The third kappa shape index (κ3) is 5.84. The van der Waals surface area contributed by atoms with Gasteiger partial charge in [-0.15, -0.1) is 0 Å². The van der Waals surface area contributed by atoms with E-state index in [1.54, 1.807) is 15.9 Å². The number of alkyl halides is 2. The number of piperazine rings is 1. The van der Waals surface area contributed by atoms with Crippen molar-refractivity contribution < 1.29 is 26.7 Å². The molecule has 0 bridgehead atoms. The van der Waals surface area contributed by atoms with Crippen molar-refractivity contribution in [2.45, 2.75) is 25.8 Å². The zero-order valence-electron chi connectivity index (χ0n) is 22.8. The first-order chi connectivity index (χ1) is 20.0. The van der Waals surface area contributed by atoms with E-state index in [0.717, 1.165) is 24.7 Å². The second-order valence-corrected chi connectivity index (χ2v) is 10.3. The first kappa shape index (κ1) is 29.2. The van der Waals surface area contributed by atoms with Crippen molar-refractivity contribution in [2.75, 3.05) is 54.9 Å². The maximum absolute atomic E-state index is 16.5. The first-order valence-corrected chi connectivity index (χ1v) is 13.2. The van der Waals surface area contributed by atoms with Crippen molar-refractivity contribution in [3.8, 4) is 0 Å². The Balaban J connectivity index is 1.57. The van der Waals surface area contributed by atoms with Crippen molar-refractivity contribution in [2.24, 2.45) is 0 Å². The number of carbonyl (C=O) groups is 1. The van der Waals surface area contributed by atoms with Gasteiger partial charge in [0.1, 0.15) is 11.5 Å². The molecular formula is C28H28F5N7O2. The fourth-order valence-electron chi connectivity index (χ4n) is 5.15. The van der Waals surface area contributed by atoms with Gasteiger partial charge < -0.3 is 25.0 Å². The van der Waals surface area contributed by atoms with E-state index in [2.05, 4.69) is 25.2 Å². The van der Waals surface area contributed by atoms with Crippen LogP contribution in [0.25, 0.3) is 5.57 Å². The number of pyridine rings is 1. The molecule has 2 aromatic heterocycles. The molecule has 9 nitrogen and oxygen atoms in total. The van der Waals surface area contributed by atoms with Gasteiger partial charge in [-0.05, 0) is 26.0 Å². The summed E-state index contributed by atoms with van der Waals surface area (Å²) in [6, 6.07) is 1.75. The van der Waals surface area contributed by atoms with Gasteiger partial charge in [0.05, 0.1) is 29.2 Å². The zero-order chi connectivity index (χ0) is 30.1. The number of hydrogen-bond acceptors (Lipinski definition) is 7. The van der Waals surface area contributed by atoms with Crippen LogP contribution < -0.4 is 20.7 Å². The van der Waals surface area contributed by atoms with Gasteiger partial charge in [0, 0.05) is 62.7 Å². The van der Waals surface area contributed by atoms with Crippen molar-refractivity contribution in [1.29, 1.82) is 0 Å². The highest BCUT2D eigenvalue weighted by atomic mass is 19.3. The molecule has 4 heterocycles. The Labute approximate surface area is 237 Å². The average molecular weight is 590 g/mol. The Morgan fingerprint density at radius 2 is 1.83 bits per heavy atom. The Bertz CT molecular complexity index is 1580. The summed E-state index contributed by atoms with van der Waals surface area (Å²) in [6.45, 7) is 3.71. The van der Waals surface area contributed by atoms with Gasteiger partial charge in [0.15, 0.2) is 11.6 Å². The van der Waals surface area contributed by atoms with Crippen LogP contribution in [0.1, 0.15) is 41.3 Å². The highest BCUT2D eigenvalue weighted by Gasteiger charge is 2.31. The van der Waals surface area contributed by atoms with Crippen LogP contribution in [0.3, 0.4) is 0 Å². The number of aromatic amines is 1. The normalized spacial score (nSPS) is 17.9. The summed E-state index contributed by atoms with van der Waals surface area (Å²) in [7, 11) is 1.92. The predicted octanol–water partition coefficient (Wildman–Crippen LogP) is 4.21. The van der Waals surface area contributed by atoms with Crippen LogP contribution in [0.4, 0.5) is 39.3 Å². The lowest BCUT2D eigenvalue weighted by Gasteiger charge is -2.40. The number of anilines is 3. The molecule has 0 radical (unpaired) electrons. The molecule has 1 amide bonds. The summed E-state index contributed by atoms with van der Waals surface area (Å²) >= 11 is 0. The van der Waals surface area contributed by atoms with E-state index in [9.17, 15) is 22.8 Å². The van der Waals surface area contributed by atoms with Gasteiger partial charge >= 0.3 is 0 Å². The van der Waals surface area contributed by atoms with E-state index in [-0.39, 0.29) is 35.5 Å². The van der Waals surface area contributed by atoms with Gasteiger partial charge in [-0.3, -0.25) is 9.59 Å². The molecule has 1 saturated heterocycles. The molecule has 0 saturated carbocycles. The zero-order valence-corrected chi connectivity index (χ0v) is 22.8. The number of halogens is 5. The van der Waals surface area contributed by atoms with Crippen LogP contribution in [-0.4, -0.2) is 71.6 Å². The lowest BCUT2D eigenvalue weighted by molar-refractivity contribution is 0.101. The average Bonchev–Trinajstić information content (AvgIpc) is 2.96. The van der Waals surface area contributed by atoms with Crippen LogP contribution in [0.5, 0.6) is 0 Å². The summed E-state index contributed by atoms with van der Waals surface area (Å²) in [5, 5.41) is 2.39. The summed E-state index contributed by atoms with van der Waals surface area (Å²) in [4.78, 5) is 40.4. The number of benzene rings is 1. The van der Waals surface area contributed by atoms with E-state index < -0.39 is 52.0 Å². The molecule has 2 N–H and O–H groups in total. The fraction of sp³-hybridized carbons (Fsp3) is 0.357. The number of nitrogens with one attached hydrogen (secondary N) is 2. The fourth-order valence-corrected chi connectivity index (χ4v) is 5.15. The van der Waals surface area contributed by atoms with E-state index in [1.807, 2.05) is 14.0 Å². The van der Waals surface area contributed by atoms with E-state index in [4.69, 9.17) is 0 Å². The van der Waals surface area contributed by atoms with Crippen LogP contribution in [0, 0.1) is 17.5 Å². The monoisotopic (exact) mass is 589 g/mol. The minimum absolute atomic E-state index is 0.00674. The third-order valence-corrected chi connectivity index (χ3v) is 7.53. The second-order valence-electron chi connectivity index (χ2n) is 10.3. The summed E-state index contributed by atoms with van der Waals surface area (Å²) < 4.78 is 73.0. The Hall–Kier alpha value is -4.33. The SMILES string of the molecule is C[C@H]1CN(c2cc(F)c(C3=CCCN(c4ncc(F)cn4)C3)c(F)c2NC(=O)c2c[nH]c(=O)cc2C(F)F)CCN1C. The van der Waals surface area contributed by atoms with E-state index in [1.165, 1.54) is 0 Å². The number of hydrogen-bond donors (Lipinski definition) is 2. The molecule has 2 aliphatic rings. The quantitative estimate of drug-likeness (QED) is 0.416. The minimum atomic E-state index is -3.15. The number of carbonyl (C=O) groups excluding carboxylic acids is 1. The van der Waals surface area contributed by atoms with E-state index in [0.29, 0.717) is 38.7 Å². The summed E-state index contributed by atoms with van der Waals surface area (Å²) in [5.74, 6) is -3.51. The van der Waals surface area contributed by atoms with Gasteiger partial charge in [0.2, 0.25) is 11.5 Å². The van der Waals surface area contributed by atoms with Gasteiger partial charge in [-0.1, -0.05) is 6.08 Å². The van der Waals surface area contributed by atoms with Gasteiger partial charge in [-0.25, -0.2) is 31.9 Å². The molecule has 0 unspecified atom stereocenters. The molecular weight excluding hydrogens is 561 g/mol. The lowest BCUT2D eigenvalue weighted by Crippen LogP contribution is -2.50. The maximum Gasteiger partial charge on any atom is 0.264 e. The predicted molar refractivity (Wildman–Crippen MR) is 147 cm³/mol. The van der Waals surface area contributed by atoms with Gasteiger partial charge in [-0.2, -0.15) is 0 Å². The van der Waals surface area contributed by atoms with Crippen molar-refractivity contribution >= 4 is 28.8 Å². The Kier molecular flexibility index (Phi) is 8.25. The van der Waals surface area contributed by atoms with Crippen molar-refractivity contribution in [1.82, 2.24) is 19.9 Å². The molecule has 42 heavy (non-hydrogen) atoms. The lowest BCUT2D eigenvalue weighted by atomic mass is 9.97. The van der Waals surface area contributed by atoms with E-state index >= 15 is 8.78 Å². The number of aromatic nitrogens is 3. The van der Waals surface area contributed by atoms with Crippen LogP contribution >= 0.6 is 0 Å². The number of H-pyrrole nitrogens is 1. The number of rotatable bonds is 6. The Morgan fingerprint density at radius 3 is 2.52 bits per heavy atom. The molecule has 222 valence electrons. The molecule has 3 aromatic rings. The topological polar surface area (TPSA) is 97.5 Å². The maximum atomic E-state index is 16.5. The largest absolute Gasteiger partial charge is 0.367 e. The highest BCUT2D eigenvalue weighted by Crippen LogP contribution is 2.39. The Morgan fingerprint density at radius 1 is 1.10 bits per heavy atom. The molecule has 1 fully saturated rings. The molecule has 2 aliphatic heterocycles. The first-order valence-electron chi connectivity index (χ1n) is 13.2. The molecule has 5 rings (SSSR count). The van der Waals surface area contributed by atoms with Crippen molar-refractivity contribution in [3.05, 3.63) is 81.3 Å². The molecule has 1 aromatic carbocycles. The number of amides is 1. The smallest absolute Gasteiger partial charge is 0.264 e. The summed E-state index contributed by atoms with van der Waals surface area (Å²) in [5.41, 5.74) is -2.68. The van der Waals surface area contributed by atoms with Crippen LogP contribution in [0.2, 0.25) is 0 Å².